The smallest absolute Gasteiger partial charge is 0.229 e. The van der Waals surface area contributed by atoms with Gasteiger partial charge in [-0.05, 0) is 25.7 Å². The van der Waals surface area contributed by atoms with Gasteiger partial charge in [-0.3, -0.25) is 14.8 Å². The summed E-state index contributed by atoms with van der Waals surface area (Å²) in [5, 5.41) is 2.81. The lowest BCUT2D eigenvalue weighted by Crippen LogP contribution is -2.43. The Labute approximate surface area is 146 Å². The number of aromatic nitrogens is 3. The lowest BCUT2D eigenvalue weighted by molar-refractivity contribution is -0.134. The van der Waals surface area contributed by atoms with Gasteiger partial charge in [-0.25, -0.2) is 4.98 Å². The number of hydrogen-bond donors (Lipinski definition) is 0. The van der Waals surface area contributed by atoms with Crippen LogP contribution in [0, 0.1) is 0 Å². The number of rotatable bonds is 5. The molecule has 2 aromatic rings. The first-order valence-electron chi connectivity index (χ1n) is 8.83. The van der Waals surface area contributed by atoms with E-state index in [1.54, 1.807) is 18.6 Å². The fourth-order valence-electron chi connectivity index (χ4n) is 3.58. The Morgan fingerprint density at radius 2 is 1.92 bits per heavy atom. The van der Waals surface area contributed by atoms with Crippen molar-refractivity contribution >= 4 is 17.2 Å². The minimum Gasteiger partial charge on any atom is -0.336 e. The van der Waals surface area contributed by atoms with Gasteiger partial charge in [0.1, 0.15) is 10.7 Å². The zero-order valence-electron chi connectivity index (χ0n) is 13.7. The van der Waals surface area contributed by atoms with Gasteiger partial charge >= 0.3 is 0 Å². The van der Waals surface area contributed by atoms with Crippen LogP contribution in [0.3, 0.4) is 0 Å². The number of amides is 1. The van der Waals surface area contributed by atoms with Crippen LogP contribution in [0.25, 0.3) is 10.7 Å². The van der Waals surface area contributed by atoms with E-state index in [4.69, 9.17) is 0 Å². The van der Waals surface area contributed by atoms with Crippen molar-refractivity contribution in [2.24, 2.45) is 0 Å². The summed E-state index contributed by atoms with van der Waals surface area (Å²) in [6.45, 7) is 0. The Hall–Kier alpha value is -1.82. The molecular weight excluding hydrogens is 320 g/mol. The van der Waals surface area contributed by atoms with Gasteiger partial charge in [-0.2, -0.15) is 0 Å². The van der Waals surface area contributed by atoms with Crippen LogP contribution in [-0.2, 0) is 11.2 Å². The molecule has 2 aromatic heterocycles. The van der Waals surface area contributed by atoms with Crippen LogP contribution in [0.4, 0.5) is 0 Å². The lowest BCUT2D eigenvalue weighted by atomic mass is 9.93. The molecule has 0 atom stereocenters. The van der Waals surface area contributed by atoms with Crippen molar-refractivity contribution in [3.63, 3.8) is 0 Å². The molecule has 0 N–H and O–H groups in total. The predicted octanol–water partition coefficient (Wildman–Crippen LogP) is 3.47. The molecule has 2 saturated carbocycles. The Kier molecular flexibility index (Phi) is 4.56. The van der Waals surface area contributed by atoms with Gasteiger partial charge in [0.15, 0.2) is 0 Å². The fourth-order valence-corrected chi connectivity index (χ4v) is 4.36. The molecule has 0 aliphatic heterocycles. The summed E-state index contributed by atoms with van der Waals surface area (Å²) < 4.78 is 0. The van der Waals surface area contributed by atoms with Crippen molar-refractivity contribution in [3.8, 4) is 10.7 Å². The molecule has 2 aliphatic carbocycles. The molecule has 1 amide bonds. The van der Waals surface area contributed by atoms with Crippen LogP contribution >= 0.6 is 11.3 Å². The Balaban J connectivity index is 1.45. The number of hydrogen-bond acceptors (Lipinski definition) is 5. The Morgan fingerprint density at radius 1 is 1.12 bits per heavy atom. The van der Waals surface area contributed by atoms with Crippen LogP contribution in [0.1, 0.15) is 50.6 Å². The van der Waals surface area contributed by atoms with Crippen molar-refractivity contribution in [3.05, 3.63) is 29.7 Å². The maximum absolute atomic E-state index is 12.9. The maximum Gasteiger partial charge on any atom is 0.229 e. The molecular formula is C18H22N4OS. The maximum atomic E-state index is 12.9. The molecule has 24 heavy (non-hydrogen) atoms. The summed E-state index contributed by atoms with van der Waals surface area (Å²) in [7, 11) is 0. The molecule has 0 aromatic carbocycles. The summed E-state index contributed by atoms with van der Waals surface area (Å²) in [6.07, 6.45) is 14.0. The van der Waals surface area contributed by atoms with E-state index in [1.165, 1.54) is 56.3 Å². The van der Waals surface area contributed by atoms with E-state index >= 15 is 0 Å². The summed E-state index contributed by atoms with van der Waals surface area (Å²) in [5.41, 5.74) is 1.62. The zero-order valence-corrected chi connectivity index (χ0v) is 14.5. The van der Waals surface area contributed by atoms with E-state index in [2.05, 4.69) is 19.9 Å². The first kappa shape index (κ1) is 15.7. The van der Waals surface area contributed by atoms with Crippen molar-refractivity contribution in [2.75, 3.05) is 0 Å². The third-order valence-corrected chi connectivity index (χ3v) is 5.78. The topological polar surface area (TPSA) is 59.0 Å². The fraction of sp³-hybridized carbons (Fsp3) is 0.556. The van der Waals surface area contributed by atoms with Crippen LogP contribution in [-0.4, -0.2) is 37.8 Å². The summed E-state index contributed by atoms with van der Waals surface area (Å²) in [6, 6.07) is 0.940. The molecule has 6 heteroatoms. The largest absolute Gasteiger partial charge is 0.336 e. The molecule has 0 unspecified atom stereocenters. The van der Waals surface area contributed by atoms with E-state index in [1.807, 2.05) is 5.38 Å². The molecule has 0 bridgehead atoms. The first-order chi connectivity index (χ1) is 11.8. The van der Waals surface area contributed by atoms with Gasteiger partial charge < -0.3 is 4.90 Å². The highest BCUT2D eigenvalue weighted by atomic mass is 32.1. The molecule has 2 heterocycles. The predicted molar refractivity (Wildman–Crippen MR) is 93.6 cm³/mol. The van der Waals surface area contributed by atoms with Crippen molar-refractivity contribution in [1.29, 1.82) is 0 Å². The normalized spacial score (nSPS) is 18.5. The average Bonchev–Trinajstić information content (AvgIpc) is 3.34. The second kappa shape index (κ2) is 6.97. The lowest BCUT2D eigenvalue weighted by Gasteiger charge is -2.34. The molecule has 0 saturated heterocycles. The molecule has 2 aliphatic rings. The first-order valence-corrected chi connectivity index (χ1v) is 9.71. The Bertz CT molecular complexity index is 692. The van der Waals surface area contributed by atoms with Gasteiger partial charge in [0, 0.05) is 29.9 Å². The summed E-state index contributed by atoms with van der Waals surface area (Å²) >= 11 is 1.53. The second-order valence-corrected chi connectivity index (χ2v) is 7.59. The van der Waals surface area contributed by atoms with Crippen molar-refractivity contribution < 1.29 is 4.79 Å². The minimum atomic E-state index is 0.250. The van der Waals surface area contributed by atoms with E-state index < -0.39 is 0 Å². The quantitative estimate of drug-likeness (QED) is 0.835. The molecule has 0 spiro atoms. The minimum absolute atomic E-state index is 0.250. The number of carbonyl (C=O) groups is 1. The summed E-state index contributed by atoms with van der Waals surface area (Å²) in [5.74, 6) is 0.250. The molecule has 126 valence electrons. The van der Waals surface area contributed by atoms with Gasteiger partial charge in [-0.1, -0.05) is 19.3 Å². The zero-order chi connectivity index (χ0) is 16.4. The third kappa shape index (κ3) is 3.48. The number of nitrogens with zero attached hydrogens (tertiary/aromatic N) is 4. The van der Waals surface area contributed by atoms with Gasteiger partial charge in [0.2, 0.25) is 5.91 Å². The van der Waals surface area contributed by atoms with Crippen molar-refractivity contribution in [1.82, 2.24) is 19.9 Å². The monoisotopic (exact) mass is 342 g/mol. The van der Waals surface area contributed by atoms with E-state index in [9.17, 15) is 4.79 Å². The van der Waals surface area contributed by atoms with Crippen molar-refractivity contribution in [2.45, 2.75) is 63.5 Å². The molecule has 5 nitrogen and oxygen atoms in total. The summed E-state index contributed by atoms with van der Waals surface area (Å²) in [4.78, 5) is 28.1. The highest BCUT2D eigenvalue weighted by molar-refractivity contribution is 7.13. The highest BCUT2D eigenvalue weighted by Crippen LogP contribution is 2.34. The van der Waals surface area contributed by atoms with E-state index in [-0.39, 0.29) is 5.91 Å². The van der Waals surface area contributed by atoms with Crippen LogP contribution in [0.15, 0.2) is 24.0 Å². The number of carbonyl (C=O) groups excluding carboxylic acids is 1. The van der Waals surface area contributed by atoms with Gasteiger partial charge in [0.05, 0.1) is 18.3 Å². The Morgan fingerprint density at radius 3 is 2.62 bits per heavy atom. The third-order valence-electron chi connectivity index (χ3n) is 4.86. The second-order valence-electron chi connectivity index (χ2n) is 6.74. The molecule has 2 fully saturated rings. The van der Waals surface area contributed by atoms with Crippen LogP contribution in [0.2, 0.25) is 0 Å². The van der Waals surface area contributed by atoms with E-state index in [0.29, 0.717) is 18.5 Å². The average molecular weight is 342 g/mol. The van der Waals surface area contributed by atoms with Crippen LogP contribution < -0.4 is 0 Å². The van der Waals surface area contributed by atoms with Gasteiger partial charge in [-0.15, -0.1) is 11.3 Å². The van der Waals surface area contributed by atoms with Crippen LogP contribution in [0.5, 0.6) is 0 Å². The molecule has 0 radical (unpaired) electrons. The SMILES string of the molecule is O=C(Cc1csc(-c2cnccn2)n1)N(C1CCCCC1)C1CC1. The van der Waals surface area contributed by atoms with E-state index in [0.717, 1.165) is 16.4 Å². The van der Waals surface area contributed by atoms with Gasteiger partial charge in [0.25, 0.3) is 0 Å². The standard InChI is InChI=1S/C18H22N4OS/c23-17(22(15-6-7-15)14-4-2-1-3-5-14)10-13-12-24-18(21-13)16-11-19-8-9-20-16/h8-9,11-12,14-15H,1-7,10H2. The highest BCUT2D eigenvalue weighted by Gasteiger charge is 2.37. The molecule has 4 rings (SSSR count). The number of thiazole rings is 1.